The van der Waals surface area contributed by atoms with Crippen molar-refractivity contribution in [2.24, 2.45) is 0 Å². The van der Waals surface area contributed by atoms with Crippen LogP contribution in [-0.4, -0.2) is 44.2 Å². The zero-order valence-electron chi connectivity index (χ0n) is 18.6. The second-order valence-corrected chi connectivity index (χ2v) is 6.85. The van der Waals surface area contributed by atoms with Gasteiger partial charge in [-0.3, -0.25) is 9.59 Å². The average molecular weight is 470 g/mol. The van der Waals surface area contributed by atoms with Crippen LogP contribution in [0.3, 0.4) is 0 Å². The first-order valence-electron chi connectivity index (χ1n) is 10.6. The minimum atomic E-state index is -0.607. The molecule has 0 unspecified atom stereocenters. The second kappa shape index (κ2) is 14.8. The molecule has 0 atom stereocenters. The minimum Gasteiger partial charge on any atom is -0.494 e. The fraction of sp³-hybridized carbons (Fsp3) is 0.280. The van der Waals surface area contributed by atoms with E-state index in [2.05, 4.69) is 11.3 Å². The van der Waals surface area contributed by atoms with Gasteiger partial charge < -0.3 is 23.7 Å². The molecule has 180 valence electrons. The lowest BCUT2D eigenvalue weighted by Gasteiger charge is -2.09. The summed E-state index contributed by atoms with van der Waals surface area (Å²) in [6, 6.07) is 13.0. The average Bonchev–Trinajstić information content (AvgIpc) is 2.85. The SMILES string of the molecule is C=CC(=O)OCCCCOc1ccc(C(=O)Oc2ccc(OCCCC(=O)OC=O)cc2)cc1. The quantitative estimate of drug-likeness (QED) is 0.0960. The maximum Gasteiger partial charge on any atom is 0.343 e. The molecule has 0 amide bonds. The van der Waals surface area contributed by atoms with Crippen LogP contribution < -0.4 is 14.2 Å². The molecule has 9 heteroatoms. The van der Waals surface area contributed by atoms with Crippen LogP contribution >= 0.6 is 0 Å². The smallest absolute Gasteiger partial charge is 0.343 e. The van der Waals surface area contributed by atoms with Crippen molar-refractivity contribution in [3.8, 4) is 17.2 Å². The van der Waals surface area contributed by atoms with Crippen LogP contribution in [0.25, 0.3) is 0 Å². The monoisotopic (exact) mass is 470 g/mol. The number of carbonyl (C=O) groups excluding carboxylic acids is 4. The Bertz CT molecular complexity index is 949. The Labute approximate surface area is 197 Å². The number of hydrogen-bond acceptors (Lipinski definition) is 9. The van der Waals surface area contributed by atoms with E-state index in [0.717, 1.165) is 6.08 Å². The van der Waals surface area contributed by atoms with Gasteiger partial charge in [0, 0.05) is 12.5 Å². The summed E-state index contributed by atoms with van der Waals surface area (Å²) in [5.41, 5.74) is 0.367. The maximum atomic E-state index is 12.3. The third-order valence-corrected chi connectivity index (χ3v) is 4.32. The third kappa shape index (κ3) is 9.99. The molecule has 0 aromatic heterocycles. The van der Waals surface area contributed by atoms with Crippen molar-refractivity contribution in [3.63, 3.8) is 0 Å². The van der Waals surface area contributed by atoms with E-state index < -0.39 is 17.9 Å². The second-order valence-electron chi connectivity index (χ2n) is 6.85. The van der Waals surface area contributed by atoms with Gasteiger partial charge in [0.1, 0.15) is 17.2 Å². The van der Waals surface area contributed by atoms with Gasteiger partial charge in [-0.15, -0.1) is 0 Å². The minimum absolute atomic E-state index is 0.0749. The molecule has 0 fully saturated rings. The Hall–Kier alpha value is -4.14. The highest BCUT2D eigenvalue weighted by molar-refractivity contribution is 5.91. The Kier molecular flexibility index (Phi) is 11.4. The molecule has 0 bridgehead atoms. The highest BCUT2D eigenvalue weighted by Crippen LogP contribution is 2.20. The van der Waals surface area contributed by atoms with Crippen LogP contribution in [0.15, 0.2) is 61.2 Å². The highest BCUT2D eigenvalue weighted by atomic mass is 16.6. The molecular weight excluding hydrogens is 444 g/mol. The molecule has 0 saturated heterocycles. The summed E-state index contributed by atoms with van der Waals surface area (Å²) in [4.78, 5) is 44.4. The number of benzene rings is 2. The van der Waals surface area contributed by atoms with Gasteiger partial charge in [-0.25, -0.2) is 9.59 Å². The number of carbonyl (C=O) groups is 4. The molecule has 0 aliphatic rings. The van der Waals surface area contributed by atoms with E-state index >= 15 is 0 Å². The van der Waals surface area contributed by atoms with E-state index in [-0.39, 0.29) is 19.5 Å². The third-order valence-electron chi connectivity index (χ3n) is 4.32. The van der Waals surface area contributed by atoms with E-state index in [4.69, 9.17) is 18.9 Å². The van der Waals surface area contributed by atoms with Crippen LogP contribution in [0.4, 0.5) is 0 Å². The van der Waals surface area contributed by atoms with Crippen LogP contribution in [0.5, 0.6) is 17.2 Å². The fourth-order valence-electron chi connectivity index (χ4n) is 2.60. The number of rotatable bonds is 15. The highest BCUT2D eigenvalue weighted by Gasteiger charge is 2.09. The van der Waals surface area contributed by atoms with Gasteiger partial charge in [0.15, 0.2) is 0 Å². The predicted molar refractivity (Wildman–Crippen MR) is 121 cm³/mol. The van der Waals surface area contributed by atoms with Gasteiger partial charge in [0.2, 0.25) is 0 Å². The van der Waals surface area contributed by atoms with E-state index in [1.165, 1.54) is 0 Å². The van der Waals surface area contributed by atoms with Crippen LogP contribution in [0, 0.1) is 0 Å². The lowest BCUT2D eigenvalue weighted by atomic mass is 10.2. The van der Waals surface area contributed by atoms with Crippen molar-refractivity contribution in [2.45, 2.75) is 25.7 Å². The van der Waals surface area contributed by atoms with Gasteiger partial charge in [-0.2, -0.15) is 0 Å². The molecule has 0 spiro atoms. The Balaban J connectivity index is 1.69. The van der Waals surface area contributed by atoms with Gasteiger partial charge in [0.25, 0.3) is 0 Å². The number of ether oxygens (including phenoxy) is 5. The summed E-state index contributed by atoms with van der Waals surface area (Å²) < 4.78 is 25.5. The van der Waals surface area contributed by atoms with Crippen LogP contribution in [0.1, 0.15) is 36.0 Å². The summed E-state index contributed by atoms with van der Waals surface area (Å²) in [6.45, 7) is 4.46. The van der Waals surface area contributed by atoms with Gasteiger partial charge in [-0.1, -0.05) is 6.58 Å². The summed E-state index contributed by atoms with van der Waals surface area (Å²) in [5.74, 6) is -0.0584. The fourth-order valence-corrected chi connectivity index (χ4v) is 2.60. The lowest BCUT2D eigenvalue weighted by Crippen LogP contribution is -2.09. The van der Waals surface area contributed by atoms with Gasteiger partial charge >= 0.3 is 24.4 Å². The van der Waals surface area contributed by atoms with Crippen LogP contribution in [-0.2, 0) is 23.9 Å². The van der Waals surface area contributed by atoms with Crippen molar-refractivity contribution < 1.29 is 42.9 Å². The van der Waals surface area contributed by atoms with Gasteiger partial charge in [0.05, 0.1) is 25.4 Å². The van der Waals surface area contributed by atoms with Crippen molar-refractivity contribution in [2.75, 3.05) is 19.8 Å². The van der Waals surface area contributed by atoms with E-state index in [1.807, 2.05) is 0 Å². The van der Waals surface area contributed by atoms with Gasteiger partial charge in [-0.05, 0) is 67.8 Å². The zero-order valence-corrected chi connectivity index (χ0v) is 18.6. The molecule has 9 nitrogen and oxygen atoms in total. The molecule has 0 N–H and O–H groups in total. The Morgan fingerprint density at radius 3 is 1.94 bits per heavy atom. The summed E-state index contributed by atoms with van der Waals surface area (Å²) in [6.07, 6.45) is 2.97. The molecule has 0 aliphatic heterocycles. The number of hydrogen-bond donors (Lipinski definition) is 0. The zero-order chi connectivity index (χ0) is 24.6. The van der Waals surface area contributed by atoms with E-state index in [1.54, 1.807) is 48.5 Å². The molecule has 0 saturated carbocycles. The molecular formula is C25H26O9. The van der Waals surface area contributed by atoms with E-state index in [0.29, 0.717) is 55.3 Å². The topological polar surface area (TPSA) is 114 Å². The number of esters is 3. The summed E-state index contributed by atoms with van der Waals surface area (Å²) in [7, 11) is 0. The van der Waals surface area contributed by atoms with Crippen molar-refractivity contribution >= 4 is 24.4 Å². The maximum absolute atomic E-state index is 12.3. The lowest BCUT2D eigenvalue weighted by molar-refractivity contribution is -0.151. The molecule has 0 radical (unpaired) electrons. The van der Waals surface area contributed by atoms with Crippen molar-refractivity contribution in [1.82, 2.24) is 0 Å². The Morgan fingerprint density at radius 1 is 0.765 bits per heavy atom. The molecule has 2 aromatic carbocycles. The Morgan fingerprint density at radius 2 is 1.32 bits per heavy atom. The first kappa shape index (κ1) is 26.1. The molecule has 2 rings (SSSR count). The molecule has 0 aliphatic carbocycles. The normalized spacial score (nSPS) is 10.0. The predicted octanol–water partition coefficient (Wildman–Crippen LogP) is 3.65. The summed E-state index contributed by atoms with van der Waals surface area (Å²) >= 11 is 0. The first-order chi connectivity index (χ1) is 16.5. The molecule has 34 heavy (non-hydrogen) atoms. The van der Waals surface area contributed by atoms with Crippen molar-refractivity contribution in [1.29, 1.82) is 0 Å². The molecule has 2 aromatic rings. The van der Waals surface area contributed by atoms with Crippen molar-refractivity contribution in [3.05, 3.63) is 66.7 Å². The first-order valence-corrected chi connectivity index (χ1v) is 10.6. The van der Waals surface area contributed by atoms with Crippen LogP contribution in [0.2, 0.25) is 0 Å². The summed E-state index contributed by atoms with van der Waals surface area (Å²) in [5, 5.41) is 0. The largest absolute Gasteiger partial charge is 0.494 e. The number of unbranched alkanes of at least 4 members (excludes halogenated alkanes) is 1. The van der Waals surface area contributed by atoms with E-state index in [9.17, 15) is 19.2 Å². The standard InChI is InChI=1S/C25H26O9/c1-2-23(27)32-16-4-3-15-30-20-9-7-19(8-10-20)25(29)34-22-13-11-21(12-14-22)31-17-5-6-24(28)33-18-26/h2,7-14,18H,1,3-6,15-17H2. The molecule has 0 heterocycles.